The fourth-order valence-electron chi connectivity index (χ4n) is 1.34. The Morgan fingerprint density at radius 1 is 1.33 bits per heavy atom. The van der Waals surface area contributed by atoms with Crippen molar-refractivity contribution in [2.45, 2.75) is 13.8 Å². The molecular weight excluding hydrogens is 193 g/mol. The molecule has 78 valence electrons. The highest BCUT2D eigenvalue weighted by atomic mass is 19.1. The van der Waals surface area contributed by atoms with Crippen molar-refractivity contribution in [1.82, 2.24) is 9.97 Å². The predicted molar refractivity (Wildman–Crippen MR) is 57.7 cm³/mol. The van der Waals surface area contributed by atoms with Crippen molar-refractivity contribution >= 4 is 11.6 Å². The second-order valence-corrected chi connectivity index (χ2v) is 3.50. The van der Waals surface area contributed by atoms with Gasteiger partial charge in [0, 0.05) is 17.6 Å². The van der Waals surface area contributed by atoms with Gasteiger partial charge < -0.3 is 10.3 Å². The van der Waals surface area contributed by atoms with Crippen LogP contribution >= 0.6 is 0 Å². The van der Waals surface area contributed by atoms with E-state index in [-0.39, 0.29) is 5.82 Å². The maximum Gasteiger partial charge on any atom is 0.204 e. The van der Waals surface area contributed by atoms with Crippen LogP contribution in [0.1, 0.15) is 11.3 Å². The zero-order valence-corrected chi connectivity index (χ0v) is 8.63. The Morgan fingerprint density at radius 3 is 2.73 bits per heavy atom. The smallest absolute Gasteiger partial charge is 0.204 e. The van der Waals surface area contributed by atoms with Crippen molar-refractivity contribution in [2.24, 2.45) is 0 Å². The quantitative estimate of drug-likeness (QED) is 0.791. The molecule has 2 rings (SSSR count). The molecule has 1 aromatic heterocycles. The third-order valence-electron chi connectivity index (χ3n) is 2.12. The van der Waals surface area contributed by atoms with Gasteiger partial charge in [0.1, 0.15) is 5.82 Å². The molecule has 0 fully saturated rings. The lowest BCUT2D eigenvalue weighted by Gasteiger charge is -2.04. The molecular formula is C11H12FN3. The minimum Gasteiger partial charge on any atom is -0.328 e. The zero-order valence-electron chi connectivity index (χ0n) is 8.63. The predicted octanol–water partition coefficient (Wildman–Crippen LogP) is 2.91. The van der Waals surface area contributed by atoms with Gasteiger partial charge in [0.15, 0.2) is 0 Å². The van der Waals surface area contributed by atoms with Gasteiger partial charge in [-0.15, -0.1) is 0 Å². The number of hydrogen-bond acceptors (Lipinski definition) is 2. The molecule has 4 heteroatoms. The zero-order chi connectivity index (χ0) is 10.8. The molecule has 3 nitrogen and oxygen atoms in total. The number of halogens is 1. The Bertz CT molecular complexity index is 476. The molecule has 0 amide bonds. The van der Waals surface area contributed by atoms with E-state index in [0.29, 0.717) is 11.5 Å². The normalized spacial score (nSPS) is 10.3. The van der Waals surface area contributed by atoms with Gasteiger partial charge in [0.25, 0.3) is 0 Å². The highest BCUT2D eigenvalue weighted by Gasteiger charge is 2.01. The summed E-state index contributed by atoms with van der Waals surface area (Å²) in [5.41, 5.74) is 2.42. The second-order valence-electron chi connectivity index (χ2n) is 3.50. The van der Waals surface area contributed by atoms with Crippen molar-refractivity contribution in [3.8, 4) is 0 Å². The number of rotatable bonds is 2. The third-order valence-corrected chi connectivity index (χ3v) is 2.12. The molecule has 0 saturated carbocycles. The topological polar surface area (TPSA) is 40.7 Å². The maximum atomic E-state index is 13.0. The Labute approximate surface area is 87.4 Å². The monoisotopic (exact) mass is 205 g/mol. The van der Waals surface area contributed by atoms with Gasteiger partial charge in [-0.25, -0.2) is 9.37 Å². The number of aromatic amines is 1. The standard InChI is InChI=1S/C11H12FN3/c1-7-5-9(3-4-10(7)12)15-11-13-6-8(2)14-11/h3-6H,1-2H3,(H2,13,14,15). The van der Waals surface area contributed by atoms with Gasteiger partial charge in [0.05, 0.1) is 0 Å². The molecule has 0 bridgehead atoms. The number of hydrogen-bond donors (Lipinski definition) is 2. The maximum absolute atomic E-state index is 13.0. The number of anilines is 2. The molecule has 0 spiro atoms. The summed E-state index contributed by atoms with van der Waals surface area (Å²) >= 11 is 0. The molecule has 0 saturated heterocycles. The molecule has 1 aromatic carbocycles. The summed E-state index contributed by atoms with van der Waals surface area (Å²) in [6.45, 7) is 3.65. The molecule has 0 atom stereocenters. The van der Waals surface area contributed by atoms with Gasteiger partial charge in [-0.05, 0) is 37.6 Å². The summed E-state index contributed by atoms with van der Waals surface area (Å²) in [7, 11) is 0. The first-order valence-corrected chi connectivity index (χ1v) is 4.70. The summed E-state index contributed by atoms with van der Waals surface area (Å²) in [5, 5.41) is 3.06. The number of benzene rings is 1. The number of aromatic nitrogens is 2. The lowest BCUT2D eigenvalue weighted by atomic mass is 10.2. The summed E-state index contributed by atoms with van der Waals surface area (Å²) in [4.78, 5) is 7.15. The van der Waals surface area contributed by atoms with E-state index in [1.165, 1.54) is 6.07 Å². The van der Waals surface area contributed by atoms with Crippen LogP contribution in [0.5, 0.6) is 0 Å². The van der Waals surface area contributed by atoms with Crippen molar-refractivity contribution < 1.29 is 4.39 Å². The van der Waals surface area contributed by atoms with Crippen molar-refractivity contribution in [3.63, 3.8) is 0 Å². The average molecular weight is 205 g/mol. The van der Waals surface area contributed by atoms with Crippen LogP contribution in [-0.2, 0) is 0 Å². The van der Waals surface area contributed by atoms with Gasteiger partial charge in [-0.3, -0.25) is 0 Å². The van der Waals surface area contributed by atoms with Gasteiger partial charge in [-0.1, -0.05) is 0 Å². The lowest BCUT2D eigenvalue weighted by molar-refractivity contribution is 0.619. The molecule has 0 unspecified atom stereocenters. The first-order chi connectivity index (χ1) is 7.15. The van der Waals surface area contributed by atoms with E-state index < -0.39 is 0 Å². The molecule has 0 aliphatic rings. The van der Waals surface area contributed by atoms with Crippen LogP contribution in [0.25, 0.3) is 0 Å². The highest BCUT2D eigenvalue weighted by molar-refractivity contribution is 5.54. The largest absolute Gasteiger partial charge is 0.328 e. The Hall–Kier alpha value is -1.84. The number of imidazole rings is 1. The Morgan fingerprint density at radius 2 is 2.13 bits per heavy atom. The van der Waals surface area contributed by atoms with Gasteiger partial charge in [-0.2, -0.15) is 0 Å². The molecule has 2 N–H and O–H groups in total. The van der Waals surface area contributed by atoms with E-state index in [1.807, 2.05) is 6.92 Å². The van der Waals surface area contributed by atoms with Crippen molar-refractivity contribution in [2.75, 3.05) is 5.32 Å². The molecule has 0 aliphatic heterocycles. The number of nitrogens with one attached hydrogen (secondary N) is 2. The first-order valence-electron chi connectivity index (χ1n) is 4.70. The van der Waals surface area contributed by atoms with Gasteiger partial charge in [0.2, 0.25) is 5.95 Å². The van der Waals surface area contributed by atoms with Crippen molar-refractivity contribution in [1.29, 1.82) is 0 Å². The van der Waals surface area contributed by atoms with E-state index in [0.717, 1.165) is 11.4 Å². The van der Waals surface area contributed by atoms with E-state index in [2.05, 4.69) is 15.3 Å². The Balaban J connectivity index is 2.21. The third kappa shape index (κ3) is 2.15. The first kappa shape index (κ1) is 9.71. The molecule has 0 aliphatic carbocycles. The fraction of sp³-hybridized carbons (Fsp3) is 0.182. The Kier molecular flexibility index (Phi) is 2.41. The number of nitrogens with zero attached hydrogens (tertiary/aromatic N) is 1. The summed E-state index contributed by atoms with van der Waals surface area (Å²) in [5.74, 6) is 0.467. The minimum absolute atomic E-state index is 0.198. The molecule has 15 heavy (non-hydrogen) atoms. The van der Waals surface area contributed by atoms with E-state index in [4.69, 9.17) is 0 Å². The van der Waals surface area contributed by atoms with Crippen LogP contribution in [-0.4, -0.2) is 9.97 Å². The summed E-state index contributed by atoms with van der Waals surface area (Å²) < 4.78 is 13.0. The molecule has 1 heterocycles. The van der Waals surface area contributed by atoms with Crippen LogP contribution in [0.3, 0.4) is 0 Å². The SMILES string of the molecule is Cc1cnc(Nc2ccc(F)c(C)c2)[nH]1. The highest BCUT2D eigenvalue weighted by Crippen LogP contribution is 2.16. The molecule has 0 radical (unpaired) electrons. The van der Waals surface area contributed by atoms with E-state index in [1.54, 1.807) is 25.3 Å². The number of H-pyrrole nitrogens is 1. The van der Waals surface area contributed by atoms with Crippen LogP contribution in [0.15, 0.2) is 24.4 Å². The van der Waals surface area contributed by atoms with Crippen LogP contribution < -0.4 is 5.32 Å². The fourth-order valence-corrected chi connectivity index (χ4v) is 1.34. The van der Waals surface area contributed by atoms with Crippen LogP contribution in [0, 0.1) is 19.7 Å². The molecule has 2 aromatic rings. The second kappa shape index (κ2) is 3.73. The minimum atomic E-state index is -0.198. The van der Waals surface area contributed by atoms with Crippen molar-refractivity contribution in [3.05, 3.63) is 41.5 Å². The summed E-state index contributed by atoms with van der Waals surface area (Å²) in [6, 6.07) is 4.86. The summed E-state index contributed by atoms with van der Waals surface area (Å²) in [6.07, 6.45) is 1.73. The average Bonchev–Trinajstić information content (AvgIpc) is 2.58. The number of aryl methyl sites for hydroxylation is 2. The lowest BCUT2D eigenvalue weighted by Crippen LogP contribution is -1.93. The van der Waals surface area contributed by atoms with E-state index >= 15 is 0 Å². The van der Waals surface area contributed by atoms with Crippen LogP contribution in [0.2, 0.25) is 0 Å². The van der Waals surface area contributed by atoms with E-state index in [9.17, 15) is 4.39 Å². The van der Waals surface area contributed by atoms with Gasteiger partial charge >= 0.3 is 0 Å². The van der Waals surface area contributed by atoms with Crippen LogP contribution in [0.4, 0.5) is 16.0 Å².